The van der Waals surface area contributed by atoms with Gasteiger partial charge in [0.15, 0.2) is 5.82 Å². The van der Waals surface area contributed by atoms with Crippen molar-refractivity contribution in [1.82, 2.24) is 15.3 Å². The molecule has 0 radical (unpaired) electrons. The van der Waals surface area contributed by atoms with Gasteiger partial charge in [0.25, 0.3) is 5.91 Å². The second kappa shape index (κ2) is 8.50. The Labute approximate surface area is 173 Å². The molecule has 5 nitrogen and oxygen atoms in total. The van der Waals surface area contributed by atoms with Gasteiger partial charge in [-0.15, -0.1) is 18.2 Å². The number of ether oxygens (including phenoxy) is 1. The second-order valence-electron chi connectivity index (χ2n) is 6.86. The number of amides is 1. The molecule has 0 aliphatic heterocycles. The summed E-state index contributed by atoms with van der Waals surface area (Å²) in [7, 11) is 0. The summed E-state index contributed by atoms with van der Waals surface area (Å²) in [5, 5.41) is 3.44. The Bertz CT molecular complexity index is 1080. The van der Waals surface area contributed by atoms with E-state index in [1.807, 2.05) is 32.0 Å². The summed E-state index contributed by atoms with van der Waals surface area (Å²) >= 11 is 1.20. The van der Waals surface area contributed by atoms with E-state index in [9.17, 15) is 9.18 Å². The molecule has 0 fully saturated rings. The lowest BCUT2D eigenvalue weighted by Gasteiger charge is -2.28. The normalized spacial score (nSPS) is 12.2. The minimum atomic E-state index is -0.876. The van der Waals surface area contributed by atoms with Gasteiger partial charge in [-0.05, 0) is 44.4 Å². The maximum absolute atomic E-state index is 14.4. The molecular formula is C22H20FN3O2S. The highest BCUT2D eigenvalue weighted by Gasteiger charge is 2.29. The molecule has 29 heavy (non-hydrogen) atoms. The smallest absolute Gasteiger partial charge is 0.272 e. The van der Waals surface area contributed by atoms with Crippen molar-refractivity contribution in [3.8, 4) is 18.1 Å². The number of carbonyl (C=O) groups is 1. The number of thioether (sulfide) groups is 1. The van der Waals surface area contributed by atoms with Crippen molar-refractivity contribution in [3.05, 3.63) is 65.9 Å². The molecule has 1 atom stereocenters. The summed E-state index contributed by atoms with van der Waals surface area (Å²) in [5.74, 6) is 1.80. The van der Waals surface area contributed by atoms with Gasteiger partial charge in [0, 0.05) is 29.4 Å². The average Bonchev–Trinajstić information content (AvgIpc) is 2.71. The number of nitrogens with one attached hydrogen (secondary N) is 1. The van der Waals surface area contributed by atoms with Crippen LogP contribution in [0.2, 0.25) is 0 Å². The number of rotatable bonds is 6. The van der Waals surface area contributed by atoms with Crippen LogP contribution in [0.4, 0.5) is 4.39 Å². The molecule has 0 saturated heterocycles. The van der Waals surface area contributed by atoms with Crippen LogP contribution in [0, 0.1) is 18.2 Å². The van der Waals surface area contributed by atoms with E-state index in [4.69, 9.17) is 11.2 Å². The Morgan fingerprint density at radius 2 is 2.10 bits per heavy atom. The lowest BCUT2D eigenvalue weighted by atomic mass is 10.00. The molecule has 1 N–H and O–H groups in total. The number of pyridine rings is 2. The fourth-order valence-corrected chi connectivity index (χ4v) is 3.30. The van der Waals surface area contributed by atoms with Crippen molar-refractivity contribution < 1.29 is 13.9 Å². The Morgan fingerprint density at radius 3 is 2.76 bits per heavy atom. The molecule has 0 saturated carbocycles. The highest BCUT2D eigenvalue weighted by molar-refractivity contribution is 7.99. The molecule has 148 valence electrons. The maximum atomic E-state index is 14.4. The number of hydrogen-bond acceptors (Lipinski definition) is 5. The van der Waals surface area contributed by atoms with Crippen LogP contribution in [0.1, 0.15) is 25.1 Å². The zero-order valence-electron chi connectivity index (χ0n) is 16.3. The van der Waals surface area contributed by atoms with Gasteiger partial charge >= 0.3 is 0 Å². The third-order valence-corrected chi connectivity index (χ3v) is 5.03. The molecule has 0 spiro atoms. The summed E-state index contributed by atoms with van der Waals surface area (Å²) < 4.78 is 20.2. The molecule has 0 aliphatic carbocycles. The van der Waals surface area contributed by atoms with Gasteiger partial charge in [-0.3, -0.25) is 14.8 Å². The molecule has 2 heterocycles. The van der Waals surface area contributed by atoms with Crippen molar-refractivity contribution in [1.29, 1.82) is 0 Å². The summed E-state index contributed by atoms with van der Waals surface area (Å²) in [6.45, 7) is 3.71. The Kier molecular flexibility index (Phi) is 6.04. The van der Waals surface area contributed by atoms with Gasteiger partial charge in [0.1, 0.15) is 11.3 Å². The number of nitrogens with zero attached hydrogens (tertiary/aromatic N) is 2. The molecule has 7 heteroatoms. The zero-order valence-corrected chi connectivity index (χ0v) is 17.1. The largest absolute Gasteiger partial charge is 0.470 e. The van der Waals surface area contributed by atoms with Crippen molar-refractivity contribution in [3.63, 3.8) is 0 Å². The lowest BCUT2D eigenvalue weighted by molar-refractivity contribution is -0.126. The van der Waals surface area contributed by atoms with E-state index in [2.05, 4.69) is 21.2 Å². The van der Waals surface area contributed by atoms with Crippen LogP contribution < -0.4 is 10.1 Å². The van der Waals surface area contributed by atoms with Crippen LogP contribution >= 0.6 is 11.8 Å². The second-order valence-corrected chi connectivity index (χ2v) is 7.76. The summed E-state index contributed by atoms with van der Waals surface area (Å²) in [4.78, 5) is 21.1. The van der Waals surface area contributed by atoms with Crippen LogP contribution in [0.15, 0.2) is 48.8 Å². The first-order chi connectivity index (χ1) is 13.8. The molecule has 1 amide bonds. The summed E-state index contributed by atoms with van der Waals surface area (Å²) in [5.41, 5.74) is -0.129. The van der Waals surface area contributed by atoms with E-state index in [-0.39, 0.29) is 17.2 Å². The first-order valence-corrected chi connectivity index (χ1v) is 10.1. The molecule has 3 rings (SSSR count). The summed E-state index contributed by atoms with van der Waals surface area (Å²) in [6, 6.07) is 9.98. The quantitative estimate of drug-likeness (QED) is 0.495. The number of terminal acetylenes is 1. The molecule has 1 aromatic carbocycles. The number of aromatic nitrogens is 2. The predicted octanol–water partition coefficient (Wildman–Crippen LogP) is 3.87. The van der Waals surface area contributed by atoms with Gasteiger partial charge in [-0.25, -0.2) is 4.39 Å². The fraction of sp³-hybridized carbons (Fsp3) is 0.227. The Morgan fingerprint density at radius 1 is 1.31 bits per heavy atom. The van der Waals surface area contributed by atoms with Crippen molar-refractivity contribution >= 4 is 28.6 Å². The van der Waals surface area contributed by atoms with Gasteiger partial charge in [0.2, 0.25) is 5.44 Å². The molecule has 0 bridgehead atoms. The monoisotopic (exact) mass is 409 g/mol. The van der Waals surface area contributed by atoms with E-state index >= 15 is 0 Å². The molecule has 2 aromatic heterocycles. The van der Waals surface area contributed by atoms with E-state index in [0.29, 0.717) is 10.9 Å². The molecule has 3 aromatic rings. The molecular weight excluding hydrogens is 389 g/mol. The average molecular weight is 409 g/mol. The van der Waals surface area contributed by atoms with Gasteiger partial charge in [-0.2, -0.15) is 0 Å². The Hall–Kier alpha value is -3.11. The van der Waals surface area contributed by atoms with Gasteiger partial charge in [0.05, 0.1) is 11.2 Å². The van der Waals surface area contributed by atoms with Crippen LogP contribution in [0.5, 0.6) is 5.75 Å². The van der Waals surface area contributed by atoms with Crippen molar-refractivity contribution in [2.24, 2.45) is 0 Å². The maximum Gasteiger partial charge on any atom is 0.272 e. The summed E-state index contributed by atoms with van der Waals surface area (Å²) in [6.07, 6.45) is 10.2. The first kappa shape index (κ1) is 20.6. The molecule has 1 unspecified atom stereocenters. The highest BCUT2D eigenvalue weighted by Crippen LogP contribution is 2.26. The van der Waals surface area contributed by atoms with Crippen LogP contribution in [-0.4, -0.2) is 27.6 Å². The topological polar surface area (TPSA) is 64.1 Å². The first-order valence-electron chi connectivity index (χ1n) is 8.83. The van der Waals surface area contributed by atoms with Gasteiger partial charge in [-0.1, -0.05) is 12.0 Å². The van der Waals surface area contributed by atoms with E-state index < -0.39 is 16.8 Å². The minimum absolute atomic E-state index is 0.192. The van der Waals surface area contributed by atoms with Crippen molar-refractivity contribution in [2.45, 2.75) is 24.8 Å². The minimum Gasteiger partial charge on any atom is -0.470 e. The van der Waals surface area contributed by atoms with Crippen molar-refractivity contribution in [2.75, 3.05) is 6.26 Å². The predicted molar refractivity (Wildman–Crippen MR) is 113 cm³/mol. The third kappa shape index (κ3) is 4.66. The lowest BCUT2D eigenvalue weighted by Crippen LogP contribution is -2.47. The third-order valence-electron chi connectivity index (χ3n) is 4.29. The van der Waals surface area contributed by atoms with E-state index in [1.54, 1.807) is 24.6 Å². The zero-order chi connectivity index (χ0) is 21.0. The highest BCUT2D eigenvalue weighted by atomic mass is 32.2. The standard InChI is InChI=1S/C22H20FN3O2S/c1-5-14-10-15-11-16(12-17(23)19(15)25-13-14)28-21(29-4)20(27)26-22(2,3)18-8-6-7-9-24-18/h1,6-13,21H,2-4H3,(H,26,27). The number of carbonyl (C=O) groups excluding carboxylic acids is 1. The number of fused-ring (bicyclic) bond motifs is 1. The van der Waals surface area contributed by atoms with E-state index in [1.165, 1.54) is 24.0 Å². The Balaban J connectivity index is 1.82. The number of halogens is 1. The molecule has 0 aliphatic rings. The van der Waals surface area contributed by atoms with E-state index in [0.717, 1.165) is 5.69 Å². The van der Waals surface area contributed by atoms with Crippen LogP contribution in [0.25, 0.3) is 10.9 Å². The van der Waals surface area contributed by atoms with Gasteiger partial charge < -0.3 is 10.1 Å². The number of benzene rings is 1. The number of hydrogen-bond donors (Lipinski definition) is 1. The van der Waals surface area contributed by atoms with Crippen LogP contribution in [0.3, 0.4) is 0 Å². The van der Waals surface area contributed by atoms with Crippen LogP contribution in [-0.2, 0) is 10.3 Å². The SMILES string of the molecule is C#Cc1cnc2c(F)cc(OC(SC)C(=O)NC(C)(C)c3ccccn3)cc2c1. The fourth-order valence-electron chi connectivity index (χ4n) is 2.82.